The molecule has 4 aromatic rings. The summed E-state index contributed by atoms with van der Waals surface area (Å²) in [4.78, 5) is 28.1. The first kappa shape index (κ1) is 26.9. The van der Waals surface area contributed by atoms with E-state index in [1.807, 2.05) is 38.4 Å². The van der Waals surface area contributed by atoms with Crippen molar-refractivity contribution in [3.05, 3.63) is 119 Å². The van der Waals surface area contributed by atoms with Gasteiger partial charge in [0.1, 0.15) is 11.9 Å². The molecule has 4 rings (SSSR count). The van der Waals surface area contributed by atoms with Gasteiger partial charge in [-0.2, -0.15) is 0 Å². The lowest BCUT2D eigenvalue weighted by Crippen LogP contribution is -2.39. The predicted octanol–water partition coefficient (Wildman–Crippen LogP) is 6.71. The van der Waals surface area contributed by atoms with Gasteiger partial charge in [0.05, 0.1) is 0 Å². The highest BCUT2D eigenvalue weighted by atomic mass is 35.5. The maximum absolute atomic E-state index is 14.7. The Hall–Kier alpha value is -4.20. The standard InChI is InChI=1S/C30H28ClFN4O2/c1-36(2)19-21-7-3-4-8-25(21)20-11-15-23(16-12-20)33-29(37)28(26-9-5-6-10-27(26)32)35-30(38)34-24-17-13-22(31)14-18-24/h3-18,28H,19H2,1-2H3,(H,33,37)(H2,34,35,38). The molecule has 3 N–H and O–H groups in total. The normalized spacial score (nSPS) is 11.6. The van der Waals surface area contributed by atoms with Crippen LogP contribution in [0.15, 0.2) is 97.1 Å². The highest BCUT2D eigenvalue weighted by Gasteiger charge is 2.26. The third kappa shape index (κ3) is 6.97. The van der Waals surface area contributed by atoms with Gasteiger partial charge in [-0.1, -0.05) is 66.2 Å². The minimum Gasteiger partial charge on any atom is -0.324 e. The van der Waals surface area contributed by atoms with Gasteiger partial charge in [-0.3, -0.25) is 4.79 Å². The topological polar surface area (TPSA) is 73.5 Å². The first-order chi connectivity index (χ1) is 18.3. The van der Waals surface area contributed by atoms with Crippen molar-refractivity contribution >= 4 is 34.9 Å². The van der Waals surface area contributed by atoms with Crippen molar-refractivity contribution in [3.63, 3.8) is 0 Å². The van der Waals surface area contributed by atoms with Gasteiger partial charge in [-0.25, -0.2) is 9.18 Å². The van der Waals surface area contributed by atoms with Gasteiger partial charge >= 0.3 is 6.03 Å². The zero-order valence-corrected chi connectivity index (χ0v) is 21.8. The first-order valence-electron chi connectivity index (χ1n) is 12.0. The lowest BCUT2D eigenvalue weighted by Gasteiger charge is -2.20. The van der Waals surface area contributed by atoms with Crippen LogP contribution in [0.5, 0.6) is 0 Å². The van der Waals surface area contributed by atoms with Crippen LogP contribution in [0.3, 0.4) is 0 Å². The van der Waals surface area contributed by atoms with Crippen LogP contribution in [0.25, 0.3) is 11.1 Å². The van der Waals surface area contributed by atoms with Crippen LogP contribution < -0.4 is 16.0 Å². The average Bonchev–Trinajstić information content (AvgIpc) is 2.90. The molecule has 0 aromatic heterocycles. The summed E-state index contributed by atoms with van der Waals surface area (Å²) in [5, 5.41) is 8.53. The lowest BCUT2D eigenvalue weighted by atomic mass is 9.99. The van der Waals surface area contributed by atoms with Crippen LogP contribution in [-0.4, -0.2) is 30.9 Å². The second-order valence-corrected chi connectivity index (χ2v) is 9.46. The Kier molecular flexibility index (Phi) is 8.73. The van der Waals surface area contributed by atoms with E-state index in [1.165, 1.54) is 23.8 Å². The zero-order chi connectivity index (χ0) is 27.1. The van der Waals surface area contributed by atoms with Gasteiger partial charge in [0.15, 0.2) is 0 Å². The summed E-state index contributed by atoms with van der Waals surface area (Å²) in [6, 6.07) is 26.0. The predicted molar refractivity (Wildman–Crippen MR) is 151 cm³/mol. The average molecular weight is 531 g/mol. The van der Waals surface area contributed by atoms with Crippen molar-refractivity contribution in [2.24, 2.45) is 0 Å². The molecular weight excluding hydrogens is 503 g/mol. The van der Waals surface area contributed by atoms with E-state index >= 15 is 0 Å². The van der Waals surface area contributed by atoms with Crippen molar-refractivity contribution < 1.29 is 14.0 Å². The van der Waals surface area contributed by atoms with Gasteiger partial charge in [-0.05, 0) is 73.3 Å². The number of hydrogen-bond donors (Lipinski definition) is 3. The van der Waals surface area contributed by atoms with Crippen LogP contribution in [-0.2, 0) is 11.3 Å². The quantitative estimate of drug-likeness (QED) is 0.237. The van der Waals surface area contributed by atoms with Crippen LogP contribution in [0.2, 0.25) is 5.02 Å². The molecule has 0 aliphatic rings. The van der Waals surface area contributed by atoms with Crippen molar-refractivity contribution in [1.82, 2.24) is 10.2 Å². The fourth-order valence-electron chi connectivity index (χ4n) is 4.05. The fraction of sp³-hybridized carbons (Fsp3) is 0.133. The summed E-state index contributed by atoms with van der Waals surface area (Å²) in [5.41, 5.74) is 4.33. The fourth-order valence-corrected chi connectivity index (χ4v) is 4.18. The number of carbonyl (C=O) groups is 2. The summed E-state index contributed by atoms with van der Waals surface area (Å²) in [6.45, 7) is 0.794. The van der Waals surface area contributed by atoms with Crippen molar-refractivity contribution in [2.75, 3.05) is 24.7 Å². The number of anilines is 2. The molecule has 1 atom stereocenters. The van der Waals surface area contributed by atoms with E-state index in [9.17, 15) is 14.0 Å². The maximum atomic E-state index is 14.7. The van der Waals surface area contributed by atoms with Gasteiger partial charge in [0, 0.05) is 28.5 Å². The maximum Gasteiger partial charge on any atom is 0.320 e. The molecule has 6 nitrogen and oxygen atoms in total. The molecule has 0 bridgehead atoms. The molecule has 8 heteroatoms. The Morgan fingerprint density at radius 1 is 0.816 bits per heavy atom. The number of amides is 3. The SMILES string of the molecule is CN(C)Cc1ccccc1-c1ccc(NC(=O)C(NC(=O)Nc2ccc(Cl)cc2)c2ccccc2F)cc1. The minimum atomic E-state index is -1.27. The smallest absolute Gasteiger partial charge is 0.320 e. The minimum absolute atomic E-state index is 0.0467. The molecule has 38 heavy (non-hydrogen) atoms. The lowest BCUT2D eigenvalue weighted by molar-refractivity contribution is -0.118. The number of hydrogen-bond acceptors (Lipinski definition) is 3. The number of urea groups is 1. The monoisotopic (exact) mass is 530 g/mol. The third-order valence-electron chi connectivity index (χ3n) is 5.82. The summed E-state index contributed by atoms with van der Waals surface area (Å²) in [6.07, 6.45) is 0. The van der Waals surface area contributed by atoms with Crippen LogP contribution >= 0.6 is 11.6 Å². The summed E-state index contributed by atoms with van der Waals surface area (Å²) < 4.78 is 14.7. The molecule has 0 fully saturated rings. The summed E-state index contributed by atoms with van der Waals surface area (Å²) in [5.74, 6) is -1.19. The third-order valence-corrected chi connectivity index (χ3v) is 6.08. The number of nitrogens with zero attached hydrogens (tertiary/aromatic N) is 1. The largest absolute Gasteiger partial charge is 0.324 e. The van der Waals surface area contributed by atoms with Crippen molar-refractivity contribution in [3.8, 4) is 11.1 Å². The highest BCUT2D eigenvalue weighted by Crippen LogP contribution is 2.27. The molecule has 0 aliphatic heterocycles. The highest BCUT2D eigenvalue weighted by molar-refractivity contribution is 6.30. The Bertz CT molecular complexity index is 1410. The van der Waals surface area contributed by atoms with Crippen LogP contribution in [0, 0.1) is 5.82 Å². The van der Waals surface area contributed by atoms with E-state index in [0.717, 1.165) is 17.7 Å². The molecule has 1 unspecified atom stereocenters. The van der Waals surface area contributed by atoms with Crippen molar-refractivity contribution in [1.29, 1.82) is 0 Å². The number of halogens is 2. The number of rotatable bonds is 8. The Morgan fingerprint density at radius 2 is 1.42 bits per heavy atom. The Balaban J connectivity index is 1.52. The first-order valence-corrected chi connectivity index (χ1v) is 12.4. The molecule has 0 heterocycles. The second kappa shape index (κ2) is 12.4. The summed E-state index contributed by atoms with van der Waals surface area (Å²) >= 11 is 5.90. The number of benzene rings is 4. The van der Waals surface area contributed by atoms with Gasteiger partial charge < -0.3 is 20.9 Å². The van der Waals surface area contributed by atoms with Gasteiger partial charge in [0.25, 0.3) is 5.91 Å². The molecule has 4 aromatic carbocycles. The molecule has 194 valence electrons. The van der Waals surface area contributed by atoms with E-state index in [0.29, 0.717) is 16.4 Å². The molecule has 3 amide bonds. The van der Waals surface area contributed by atoms with Gasteiger partial charge in [0.2, 0.25) is 0 Å². The van der Waals surface area contributed by atoms with Crippen molar-refractivity contribution in [2.45, 2.75) is 12.6 Å². The Morgan fingerprint density at radius 3 is 2.11 bits per heavy atom. The Labute approximate surface area is 226 Å². The van der Waals surface area contributed by atoms with E-state index in [2.05, 4.69) is 33.0 Å². The molecular formula is C30H28ClFN4O2. The van der Waals surface area contributed by atoms with E-state index < -0.39 is 23.8 Å². The number of nitrogens with one attached hydrogen (secondary N) is 3. The molecule has 0 spiro atoms. The molecule has 0 saturated carbocycles. The zero-order valence-electron chi connectivity index (χ0n) is 21.0. The molecule has 0 saturated heterocycles. The second-order valence-electron chi connectivity index (χ2n) is 9.02. The molecule has 0 aliphatic carbocycles. The van der Waals surface area contributed by atoms with E-state index in [1.54, 1.807) is 42.5 Å². The molecule has 0 radical (unpaired) electrons. The van der Waals surface area contributed by atoms with E-state index in [-0.39, 0.29) is 5.56 Å². The van der Waals surface area contributed by atoms with Gasteiger partial charge in [-0.15, -0.1) is 0 Å². The number of carbonyl (C=O) groups excluding carboxylic acids is 2. The summed E-state index contributed by atoms with van der Waals surface area (Å²) in [7, 11) is 4.04. The van der Waals surface area contributed by atoms with Crippen LogP contribution in [0.1, 0.15) is 17.2 Å². The van der Waals surface area contributed by atoms with Crippen LogP contribution in [0.4, 0.5) is 20.6 Å². The van der Waals surface area contributed by atoms with E-state index in [4.69, 9.17) is 11.6 Å².